The lowest BCUT2D eigenvalue weighted by molar-refractivity contribution is -0.184. The Bertz CT molecular complexity index is 792. The topological polar surface area (TPSA) is 27.7 Å². The van der Waals surface area contributed by atoms with Crippen molar-refractivity contribution in [3.05, 3.63) is 77.9 Å². The van der Waals surface area contributed by atoms with Crippen LogP contribution in [0.5, 0.6) is 5.75 Å². The number of hydrogen-bond donors (Lipinski definition) is 0. The average Bonchev–Trinajstić information content (AvgIpc) is 2.64. The van der Waals surface area contributed by atoms with Gasteiger partial charge in [-0.1, -0.05) is 60.7 Å². The Kier molecular flexibility index (Phi) is 4.33. The zero-order valence-corrected chi connectivity index (χ0v) is 13.6. The molecule has 0 radical (unpaired) electrons. The van der Waals surface area contributed by atoms with Gasteiger partial charge in [0.1, 0.15) is 5.75 Å². The highest BCUT2D eigenvalue weighted by atomic mass is 16.7. The van der Waals surface area contributed by atoms with E-state index in [0.29, 0.717) is 0 Å². The van der Waals surface area contributed by atoms with Crippen LogP contribution < -0.4 is 4.74 Å². The fraction of sp³-hybridized carbons (Fsp3) is 0.200. The van der Waals surface area contributed by atoms with E-state index in [2.05, 4.69) is 12.1 Å². The van der Waals surface area contributed by atoms with E-state index in [1.54, 1.807) is 21.3 Å². The van der Waals surface area contributed by atoms with Crippen molar-refractivity contribution in [2.24, 2.45) is 0 Å². The van der Waals surface area contributed by atoms with E-state index in [-0.39, 0.29) is 0 Å². The lowest BCUT2D eigenvalue weighted by Crippen LogP contribution is -2.32. The van der Waals surface area contributed by atoms with E-state index in [9.17, 15) is 0 Å². The maximum absolute atomic E-state index is 5.85. The molecule has 0 aromatic heterocycles. The molecule has 0 atom stereocenters. The molecule has 0 aliphatic heterocycles. The Morgan fingerprint density at radius 3 is 2.00 bits per heavy atom. The van der Waals surface area contributed by atoms with Crippen LogP contribution in [0.4, 0.5) is 0 Å². The molecule has 0 spiro atoms. The van der Waals surface area contributed by atoms with Gasteiger partial charge in [-0.2, -0.15) is 0 Å². The Balaban J connectivity index is 2.31. The molecule has 0 saturated heterocycles. The van der Waals surface area contributed by atoms with E-state index in [4.69, 9.17) is 14.2 Å². The summed E-state index contributed by atoms with van der Waals surface area (Å²) < 4.78 is 17.4. The third-order valence-electron chi connectivity index (χ3n) is 4.17. The van der Waals surface area contributed by atoms with E-state index in [1.165, 1.54) is 0 Å². The summed E-state index contributed by atoms with van der Waals surface area (Å²) in [4.78, 5) is 0. The van der Waals surface area contributed by atoms with Gasteiger partial charge in [0.15, 0.2) is 0 Å². The molecule has 0 saturated carbocycles. The number of methoxy groups -OCH3 is 3. The number of rotatable bonds is 5. The molecule has 0 unspecified atom stereocenters. The maximum Gasteiger partial charge on any atom is 0.225 e. The Morgan fingerprint density at radius 1 is 0.696 bits per heavy atom. The van der Waals surface area contributed by atoms with Crippen molar-refractivity contribution < 1.29 is 14.2 Å². The third kappa shape index (κ3) is 2.48. The van der Waals surface area contributed by atoms with Crippen molar-refractivity contribution >= 4 is 10.8 Å². The number of fused-ring (bicyclic) bond motifs is 1. The minimum Gasteiger partial charge on any atom is -0.496 e. The molecule has 0 aliphatic carbocycles. The van der Waals surface area contributed by atoms with Crippen molar-refractivity contribution in [3.63, 3.8) is 0 Å². The number of benzene rings is 3. The smallest absolute Gasteiger partial charge is 0.225 e. The van der Waals surface area contributed by atoms with Crippen LogP contribution >= 0.6 is 0 Å². The highest BCUT2D eigenvalue weighted by Gasteiger charge is 2.37. The highest BCUT2D eigenvalue weighted by Crippen LogP contribution is 2.42. The fourth-order valence-electron chi connectivity index (χ4n) is 3.07. The molecule has 3 aromatic rings. The lowest BCUT2D eigenvalue weighted by Gasteiger charge is -2.33. The molecule has 3 rings (SSSR count). The minimum absolute atomic E-state index is 0.760. The predicted octanol–water partition coefficient (Wildman–Crippen LogP) is 4.34. The van der Waals surface area contributed by atoms with Crippen LogP contribution in [0, 0.1) is 0 Å². The zero-order valence-electron chi connectivity index (χ0n) is 13.6. The van der Waals surface area contributed by atoms with Crippen molar-refractivity contribution in [1.82, 2.24) is 0 Å². The van der Waals surface area contributed by atoms with Crippen molar-refractivity contribution in [2.45, 2.75) is 5.79 Å². The first kappa shape index (κ1) is 15.5. The van der Waals surface area contributed by atoms with Gasteiger partial charge in [0.05, 0.1) is 12.7 Å². The second kappa shape index (κ2) is 6.41. The summed E-state index contributed by atoms with van der Waals surface area (Å²) in [6.07, 6.45) is 0. The van der Waals surface area contributed by atoms with Gasteiger partial charge in [0.2, 0.25) is 5.79 Å². The molecule has 118 valence electrons. The van der Waals surface area contributed by atoms with Gasteiger partial charge in [-0.25, -0.2) is 0 Å². The fourth-order valence-corrected chi connectivity index (χ4v) is 3.07. The van der Waals surface area contributed by atoms with Crippen LogP contribution in [-0.2, 0) is 15.3 Å². The summed E-state index contributed by atoms with van der Waals surface area (Å²) >= 11 is 0. The summed E-state index contributed by atoms with van der Waals surface area (Å²) in [6.45, 7) is 0. The van der Waals surface area contributed by atoms with E-state index >= 15 is 0 Å². The van der Waals surface area contributed by atoms with Gasteiger partial charge >= 0.3 is 0 Å². The molecule has 0 heterocycles. The van der Waals surface area contributed by atoms with Crippen LogP contribution in [0.1, 0.15) is 11.1 Å². The van der Waals surface area contributed by atoms with Gasteiger partial charge in [-0.05, 0) is 11.5 Å². The monoisotopic (exact) mass is 308 g/mol. The molecular weight excluding hydrogens is 288 g/mol. The molecule has 23 heavy (non-hydrogen) atoms. The minimum atomic E-state index is -1.02. The maximum atomic E-state index is 5.85. The Morgan fingerprint density at radius 2 is 1.35 bits per heavy atom. The summed E-state index contributed by atoms with van der Waals surface area (Å²) in [6, 6.07) is 22.1. The van der Waals surface area contributed by atoms with Crippen LogP contribution in [0.3, 0.4) is 0 Å². The molecule has 0 bridgehead atoms. The first-order valence-electron chi connectivity index (χ1n) is 7.49. The molecule has 0 amide bonds. The summed E-state index contributed by atoms with van der Waals surface area (Å²) in [5.41, 5.74) is 1.76. The number of ether oxygens (including phenoxy) is 3. The van der Waals surface area contributed by atoms with Gasteiger partial charge in [-0.3, -0.25) is 0 Å². The average molecular weight is 308 g/mol. The van der Waals surface area contributed by atoms with Crippen molar-refractivity contribution in [1.29, 1.82) is 0 Å². The Labute approximate surface area is 136 Å². The van der Waals surface area contributed by atoms with Crippen LogP contribution in [0.15, 0.2) is 66.7 Å². The standard InChI is InChI=1S/C20H20O3/c1-21-19-17-12-8-7-9-15(17)13-14-18(19)20(22-2,23-3)16-10-5-4-6-11-16/h4-14H,1-3H3. The normalized spacial score (nSPS) is 11.6. The molecule has 0 aliphatic rings. The molecule has 3 nitrogen and oxygen atoms in total. The molecule has 0 fully saturated rings. The second-order valence-corrected chi connectivity index (χ2v) is 5.26. The number of hydrogen-bond acceptors (Lipinski definition) is 3. The van der Waals surface area contributed by atoms with Crippen LogP contribution in [0.2, 0.25) is 0 Å². The van der Waals surface area contributed by atoms with Gasteiger partial charge in [0.25, 0.3) is 0 Å². The largest absolute Gasteiger partial charge is 0.496 e. The van der Waals surface area contributed by atoms with Gasteiger partial charge < -0.3 is 14.2 Å². The van der Waals surface area contributed by atoms with Crippen LogP contribution in [0.25, 0.3) is 10.8 Å². The predicted molar refractivity (Wildman–Crippen MR) is 91.7 cm³/mol. The van der Waals surface area contributed by atoms with Crippen LogP contribution in [-0.4, -0.2) is 21.3 Å². The lowest BCUT2D eigenvalue weighted by atomic mass is 9.93. The van der Waals surface area contributed by atoms with Crippen molar-refractivity contribution in [2.75, 3.05) is 21.3 Å². The molecule has 3 aromatic carbocycles. The molecular formula is C20H20O3. The molecule has 0 N–H and O–H groups in total. The first-order chi connectivity index (χ1) is 11.3. The summed E-state index contributed by atoms with van der Waals surface area (Å²) in [5.74, 6) is -0.257. The third-order valence-corrected chi connectivity index (χ3v) is 4.17. The first-order valence-corrected chi connectivity index (χ1v) is 7.49. The quantitative estimate of drug-likeness (QED) is 0.656. The van der Waals surface area contributed by atoms with Gasteiger partial charge in [0, 0.05) is 25.2 Å². The molecule has 3 heteroatoms. The van der Waals surface area contributed by atoms with E-state index in [1.807, 2.05) is 54.6 Å². The van der Waals surface area contributed by atoms with Crippen molar-refractivity contribution in [3.8, 4) is 5.75 Å². The Hall–Kier alpha value is -2.36. The van der Waals surface area contributed by atoms with E-state index in [0.717, 1.165) is 27.6 Å². The SMILES string of the molecule is COc1c(C(OC)(OC)c2ccccc2)ccc2ccccc12. The van der Waals surface area contributed by atoms with Gasteiger partial charge in [-0.15, -0.1) is 0 Å². The zero-order chi connectivity index (χ0) is 16.3. The summed E-state index contributed by atoms with van der Waals surface area (Å²) in [7, 11) is 4.96. The van der Waals surface area contributed by atoms with E-state index < -0.39 is 5.79 Å². The summed E-state index contributed by atoms with van der Waals surface area (Å²) in [5, 5.41) is 2.14. The second-order valence-electron chi connectivity index (χ2n) is 5.26. The highest BCUT2D eigenvalue weighted by molar-refractivity contribution is 5.90.